The maximum atomic E-state index is 12.2. The van der Waals surface area contributed by atoms with Gasteiger partial charge in [-0.1, -0.05) is 0 Å². The summed E-state index contributed by atoms with van der Waals surface area (Å²) in [6, 6.07) is 2.49. The second-order valence-corrected chi connectivity index (χ2v) is 3.97. The second kappa shape index (κ2) is 4.04. The van der Waals surface area contributed by atoms with Gasteiger partial charge in [0.2, 0.25) is 0 Å². The first-order valence-electron chi connectivity index (χ1n) is 5.16. The molecule has 0 unspecified atom stereocenters. The summed E-state index contributed by atoms with van der Waals surface area (Å²) in [4.78, 5) is 14.2. The third kappa shape index (κ3) is 2.32. The molecule has 1 N–H and O–H groups in total. The molecule has 6 heteroatoms. The molecule has 96 valence electrons. The molecule has 0 saturated carbocycles. The number of alkyl halides is 3. The highest BCUT2D eigenvalue weighted by Crippen LogP contribution is 2.30. The molecule has 0 bridgehead atoms. The molecule has 0 radical (unpaired) electrons. The molecule has 1 aromatic carbocycles. The summed E-state index contributed by atoms with van der Waals surface area (Å²) in [7, 11) is 0. The van der Waals surface area contributed by atoms with Gasteiger partial charge >= 0.3 is 6.36 Å². The number of H-pyrrole nitrogens is 1. The second-order valence-electron chi connectivity index (χ2n) is 3.97. The van der Waals surface area contributed by atoms with Crippen molar-refractivity contribution in [2.24, 2.45) is 0 Å². The fraction of sp³-hybridized carbons (Fsp3) is 0.250. The topological polar surface area (TPSA) is 42.1 Å². The lowest BCUT2D eigenvalue weighted by molar-refractivity contribution is -0.274. The number of aryl methyl sites for hydroxylation is 1. The van der Waals surface area contributed by atoms with Gasteiger partial charge in [0.25, 0.3) is 0 Å². The van der Waals surface area contributed by atoms with Crippen molar-refractivity contribution in [1.82, 2.24) is 4.98 Å². The van der Waals surface area contributed by atoms with Gasteiger partial charge < -0.3 is 9.72 Å². The Kier molecular flexibility index (Phi) is 2.80. The van der Waals surface area contributed by atoms with Crippen molar-refractivity contribution in [1.29, 1.82) is 0 Å². The van der Waals surface area contributed by atoms with E-state index in [2.05, 4.69) is 9.72 Å². The van der Waals surface area contributed by atoms with E-state index in [0.29, 0.717) is 22.0 Å². The monoisotopic (exact) mass is 257 g/mol. The van der Waals surface area contributed by atoms with Gasteiger partial charge in [0.05, 0.1) is 0 Å². The third-order valence-corrected chi connectivity index (χ3v) is 2.57. The van der Waals surface area contributed by atoms with Crippen molar-refractivity contribution in [3.63, 3.8) is 0 Å². The van der Waals surface area contributed by atoms with Gasteiger partial charge in [-0.05, 0) is 31.5 Å². The lowest BCUT2D eigenvalue weighted by atomic mass is 10.1. The van der Waals surface area contributed by atoms with Crippen molar-refractivity contribution < 1.29 is 22.7 Å². The van der Waals surface area contributed by atoms with E-state index in [-0.39, 0.29) is 11.5 Å². The smallest absolute Gasteiger partial charge is 0.406 e. The Bertz CT molecular complexity index is 614. The van der Waals surface area contributed by atoms with Gasteiger partial charge in [-0.3, -0.25) is 4.79 Å². The molecule has 0 spiro atoms. The van der Waals surface area contributed by atoms with Crippen LogP contribution in [0.25, 0.3) is 10.9 Å². The lowest BCUT2D eigenvalue weighted by Crippen LogP contribution is -2.17. The summed E-state index contributed by atoms with van der Waals surface area (Å²) in [5.41, 5.74) is 1.56. The molecule has 0 fully saturated rings. The van der Waals surface area contributed by atoms with Crippen LogP contribution in [0, 0.1) is 6.92 Å². The van der Waals surface area contributed by atoms with E-state index >= 15 is 0 Å². The van der Waals surface area contributed by atoms with Gasteiger partial charge in [-0.25, -0.2) is 0 Å². The minimum Gasteiger partial charge on any atom is -0.406 e. The van der Waals surface area contributed by atoms with Crippen molar-refractivity contribution >= 4 is 16.7 Å². The van der Waals surface area contributed by atoms with Crippen LogP contribution in [-0.4, -0.2) is 17.1 Å². The summed E-state index contributed by atoms with van der Waals surface area (Å²) >= 11 is 0. The molecule has 2 rings (SSSR count). The van der Waals surface area contributed by atoms with Gasteiger partial charge in [0, 0.05) is 22.7 Å². The molecule has 0 aliphatic heterocycles. The quantitative estimate of drug-likeness (QED) is 0.835. The van der Waals surface area contributed by atoms with E-state index in [1.165, 1.54) is 25.3 Å². The number of benzene rings is 1. The number of Topliss-reactive ketones (excluding diaryl/α,β-unsaturated/α-hetero) is 1. The molecule has 3 nitrogen and oxygen atoms in total. The highest BCUT2D eigenvalue weighted by molar-refractivity contribution is 6.07. The Balaban J connectivity index is 2.59. The molecule has 0 aliphatic rings. The average Bonchev–Trinajstić information content (AvgIpc) is 2.58. The summed E-state index contributed by atoms with van der Waals surface area (Å²) in [6.45, 7) is 3.00. The standard InChI is InChI=1S/C12H10F3NO2/c1-6-3-8(18-12(13,14)15)4-9-10(7(2)17)5-16-11(6)9/h3-5,16H,1-2H3. The highest BCUT2D eigenvalue weighted by Gasteiger charge is 2.31. The summed E-state index contributed by atoms with van der Waals surface area (Å²) < 4.78 is 40.4. The van der Waals surface area contributed by atoms with Gasteiger partial charge in [-0.2, -0.15) is 0 Å². The molecule has 0 saturated heterocycles. The van der Waals surface area contributed by atoms with Crippen LogP contribution in [0.1, 0.15) is 22.8 Å². The Labute approximate surface area is 101 Å². The number of carbonyl (C=O) groups excluding carboxylic acids is 1. The Morgan fingerprint density at radius 3 is 2.56 bits per heavy atom. The first-order chi connectivity index (χ1) is 8.28. The van der Waals surface area contributed by atoms with Crippen molar-refractivity contribution in [3.8, 4) is 5.75 Å². The van der Waals surface area contributed by atoms with Crippen LogP contribution in [0.4, 0.5) is 13.2 Å². The molecule has 1 heterocycles. The predicted octanol–water partition coefficient (Wildman–Crippen LogP) is 3.58. The zero-order valence-electron chi connectivity index (χ0n) is 9.68. The van der Waals surface area contributed by atoms with E-state index in [1.807, 2.05) is 0 Å². The van der Waals surface area contributed by atoms with Crippen LogP contribution < -0.4 is 4.74 Å². The van der Waals surface area contributed by atoms with Crippen molar-refractivity contribution in [2.45, 2.75) is 20.2 Å². The van der Waals surface area contributed by atoms with Crippen LogP contribution in [0.15, 0.2) is 18.3 Å². The van der Waals surface area contributed by atoms with E-state index in [0.717, 1.165) is 0 Å². The van der Waals surface area contributed by atoms with E-state index < -0.39 is 6.36 Å². The minimum atomic E-state index is -4.74. The van der Waals surface area contributed by atoms with Crippen molar-refractivity contribution in [2.75, 3.05) is 0 Å². The Morgan fingerprint density at radius 2 is 2.00 bits per heavy atom. The summed E-state index contributed by atoms with van der Waals surface area (Å²) in [5.74, 6) is -0.542. The van der Waals surface area contributed by atoms with E-state index in [4.69, 9.17) is 0 Å². The first kappa shape index (κ1) is 12.5. The molecular weight excluding hydrogens is 247 g/mol. The fourth-order valence-electron chi connectivity index (χ4n) is 1.86. The summed E-state index contributed by atoms with van der Waals surface area (Å²) in [6.07, 6.45) is -3.26. The highest BCUT2D eigenvalue weighted by atomic mass is 19.4. The molecule has 0 aliphatic carbocycles. The van der Waals surface area contributed by atoms with E-state index in [1.54, 1.807) is 6.92 Å². The number of halogens is 3. The van der Waals surface area contributed by atoms with Crippen molar-refractivity contribution in [3.05, 3.63) is 29.5 Å². The van der Waals surface area contributed by atoms with Gasteiger partial charge in [-0.15, -0.1) is 13.2 Å². The van der Waals surface area contributed by atoms with Crippen LogP contribution in [0.2, 0.25) is 0 Å². The molecule has 2 aromatic rings. The molecular formula is C12H10F3NO2. The fourth-order valence-corrected chi connectivity index (χ4v) is 1.86. The largest absolute Gasteiger partial charge is 0.573 e. The van der Waals surface area contributed by atoms with Gasteiger partial charge in [0.15, 0.2) is 5.78 Å². The van der Waals surface area contributed by atoms with Crippen LogP contribution in [0.5, 0.6) is 5.75 Å². The number of carbonyl (C=O) groups is 1. The number of fused-ring (bicyclic) bond motifs is 1. The number of hydrogen-bond acceptors (Lipinski definition) is 2. The zero-order chi connectivity index (χ0) is 13.5. The third-order valence-electron chi connectivity index (χ3n) is 2.57. The number of ether oxygens (including phenoxy) is 1. The molecule has 1 aromatic heterocycles. The Hall–Kier alpha value is -1.98. The van der Waals surface area contributed by atoms with Crippen LogP contribution in [0.3, 0.4) is 0 Å². The number of aromatic amines is 1. The first-order valence-corrected chi connectivity index (χ1v) is 5.16. The SMILES string of the molecule is CC(=O)c1c[nH]c2c(C)cc(OC(F)(F)F)cc12. The van der Waals surface area contributed by atoms with Crippen LogP contribution >= 0.6 is 0 Å². The lowest BCUT2D eigenvalue weighted by Gasteiger charge is -2.10. The van der Waals surface area contributed by atoms with E-state index in [9.17, 15) is 18.0 Å². The Morgan fingerprint density at radius 1 is 1.33 bits per heavy atom. The number of nitrogens with one attached hydrogen (secondary N) is 1. The zero-order valence-corrected chi connectivity index (χ0v) is 9.68. The normalized spacial score (nSPS) is 11.8. The number of hydrogen-bond donors (Lipinski definition) is 1. The molecule has 18 heavy (non-hydrogen) atoms. The minimum absolute atomic E-state index is 0.218. The predicted molar refractivity (Wildman–Crippen MR) is 59.7 cm³/mol. The average molecular weight is 257 g/mol. The number of rotatable bonds is 2. The van der Waals surface area contributed by atoms with Gasteiger partial charge in [0.1, 0.15) is 5.75 Å². The molecule has 0 atom stereocenters. The van der Waals surface area contributed by atoms with Crippen LogP contribution in [-0.2, 0) is 0 Å². The number of ketones is 1. The number of aromatic nitrogens is 1. The maximum absolute atomic E-state index is 12.2. The summed E-state index contributed by atoms with van der Waals surface area (Å²) in [5, 5.41) is 0.432. The maximum Gasteiger partial charge on any atom is 0.573 e. The molecule has 0 amide bonds.